The molecule has 0 bridgehead atoms. The fourth-order valence-corrected chi connectivity index (χ4v) is 4.33. The smallest absolute Gasteiger partial charge is 0.418 e. The van der Waals surface area contributed by atoms with Gasteiger partial charge in [0.25, 0.3) is 5.91 Å². The third-order valence-electron chi connectivity index (χ3n) is 6.23. The minimum absolute atomic E-state index is 0.0854. The first-order valence-electron chi connectivity index (χ1n) is 12.3. The van der Waals surface area contributed by atoms with Crippen LogP contribution in [-0.4, -0.2) is 30.2 Å². The number of hydrogen-bond donors (Lipinski definition) is 2. The summed E-state index contributed by atoms with van der Waals surface area (Å²) in [5.74, 6) is -0.704. The van der Waals surface area contributed by atoms with Gasteiger partial charge in [0.15, 0.2) is 0 Å². The first-order chi connectivity index (χ1) is 19.8. The minimum atomic E-state index is -4.63. The van der Waals surface area contributed by atoms with Gasteiger partial charge in [0.1, 0.15) is 17.2 Å². The molecule has 41 heavy (non-hydrogen) atoms. The number of rotatable bonds is 7. The van der Waals surface area contributed by atoms with E-state index in [2.05, 4.69) is 15.5 Å². The molecule has 0 fully saturated rings. The van der Waals surface area contributed by atoms with Crippen LogP contribution in [0.25, 0.3) is 22.0 Å². The molecule has 0 aliphatic heterocycles. The van der Waals surface area contributed by atoms with Crippen LogP contribution in [0.15, 0.2) is 102 Å². The van der Waals surface area contributed by atoms with Gasteiger partial charge in [0, 0.05) is 16.5 Å². The summed E-state index contributed by atoms with van der Waals surface area (Å²) >= 11 is 0. The van der Waals surface area contributed by atoms with E-state index in [4.69, 9.17) is 9.47 Å². The van der Waals surface area contributed by atoms with Gasteiger partial charge in [-0.05, 0) is 42.0 Å². The number of H-pyrrole nitrogens is 1. The number of ether oxygens (including phenoxy) is 2. The average Bonchev–Trinajstić information content (AvgIpc) is 3.38. The Hall–Kier alpha value is -5.38. The highest BCUT2D eigenvalue weighted by Gasteiger charge is 2.34. The molecule has 4 aromatic carbocycles. The first-order valence-corrected chi connectivity index (χ1v) is 12.3. The molecule has 0 unspecified atom stereocenters. The van der Waals surface area contributed by atoms with Crippen molar-refractivity contribution in [1.82, 2.24) is 10.4 Å². The van der Waals surface area contributed by atoms with Crippen LogP contribution in [0.3, 0.4) is 0 Å². The quantitative estimate of drug-likeness (QED) is 0.0991. The fraction of sp³-hybridized carbons (Fsp3) is 0.0645. The minimum Gasteiger partial charge on any atom is -0.497 e. The molecular formula is C31H22F3N3O4. The van der Waals surface area contributed by atoms with Crippen molar-refractivity contribution in [3.05, 3.63) is 119 Å². The van der Waals surface area contributed by atoms with Gasteiger partial charge in [-0.25, -0.2) is 10.2 Å². The summed E-state index contributed by atoms with van der Waals surface area (Å²) in [4.78, 5) is 28.6. The number of para-hydroxylation sites is 2. The van der Waals surface area contributed by atoms with Gasteiger partial charge < -0.3 is 14.5 Å². The van der Waals surface area contributed by atoms with Crippen molar-refractivity contribution in [3.8, 4) is 22.6 Å². The number of alkyl halides is 3. The Labute approximate surface area is 232 Å². The first kappa shape index (κ1) is 27.2. The van der Waals surface area contributed by atoms with Crippen LogP contribution in [0.1, 0.15) is 32.0 Å². The van der Waals surface area contributed by atoms with E-state index >= 15 is 0 Å². The number of halogens is 3. The monoisotopic (exact) mass is 557 g/mol. The molecule has 1 amide bonds. The number of aromatic nitrogens is 1. The topological polar surface area (TPSA) is 92.8 Å². The number of carbonyl (C=O) groups is 2. The van der Waals surface area contributed by atoms with E-state index in [1.807, 2.05) is 0 Å². The van der Waals surface area contributed by atoms with Gasteiger partial charge in [0.05, 0.1) is 30.0 Å². The molecule has 0 aliphatic carbocycles. The summed E-state index contributed by atoms with van der Waals surface area (Å²) in [7, 11) is 1.48. The molecule has 0 saturated heterocycles. The van der Waals surface area contributed by atoms with Crippen molar-refractivity contribution < 1.29 is 32.2 Å². The maximum absolute atomic E-state index is 13.7. The highest BCUT2D eigenvalue weighted by Crippen LogP contribution is 2.39. The number of aromatic amines is 1. The number of hydrogen-bond acceptors (Lipinski definition) is 5. The van der Waals surface area contributed by atoms with Gasteiger partial charge >= 0.3 is 12.1 Å². The second-order valence-electron chi connectivity index (χ2n) is 8.83. The summed E-state index contributed by atoms with van der Waals surface area (Å²) < 4.78 is 51.9. The third kappa shape index (κ3) is 5.81. The average molecular weight is 558 g/mol. The third-order valence-corrected chi connectivity index (χ3v) is 6.23. The Kier molecular flexibility index (Phi) is 7.55. The Bertz CT molecular complexity index is 1760. The Morgan fingerprint density at radius 3 is 2.39 bits per heavy atom. The molecule has 0 atom stereocenters. The van der Waals surface area contributed by atoms with E-state index < -0.39 is 23.6 Å². The van der Waals surface area contributed by atoms with Crippen molar-refractivity contribution in [1.29, 1.82) is 0 Å². The number of fused-ring (bicyclic) bond motifs is 1. The standard InChI is InChI=1S/C31H22F3N3O4/c1-40-22-13-7-12-20(17-22)30(39)41-25-16-6-5-11-21(25)18-35-37-29(38)28-26(19-9-3-2-4-10-19)23-14-8-15-24(27(23)36-28)31(32,33)34/h2-18,36H,1H3,(H,37,38). The molecule has 0 spiro atoms. The maximum atomic E-state index is 13.7. The lowest BCUT2D eigenvalue weighted by molar-refractivity contribution is -0.136. The predicted molar refractivity (Wildman–Crippen MR) is 148 cm³/mol. The Balaban J connectivity index is 1.43. The van der Waals surface area contributed by atoms with Crippen molar-refractivity contribution in [2.45, 2.75) is 6.18 Å². The number of amides is 1. The number of methoxy groups -OCH3 is 1. The zero-order valence-electron chi connectivity index (χ0n) is 21.5. The van der Waals surface area contributed by atoms with Gasteiger partial charge in [0.2, 0.25) is 0 Å². The summed E-state index contributed by atoms with van der Waals surface area (Å²) in [5, 5.41) is 4.23. The van der Waals surface area contributed by atoms with Crippen LogP contribution in [0.2, 0.25) is 0 Å². The lowest BCUT2D eigenvalue weighted by Crippen LogP contribution is -2.19. The zero-order chi connectivity index (χ0) is 29.0. The predicted octanol–water partition coefficient (Wildman–Crippen LogP) is 6.85. The molecular weight excluding hydrogens is 535 g/mol. The molecule has 0 aliphatic rings. The number of benzene rings is 4. The van der Waals surface area contributed by atoms with E-state index in [1.54, 1.807) is 72.8 Å². The van der Waals surface area contributed by atoms with Crippen LogP contribution in [0.4, 0.5) is 13.2 Å². The van der Waals surface area contributed by atoms with E-state index in [-0.39, 0.29) is 27.9 Å². The summed E-state index contributed by atoms with van der Waals surface area (Å²) in [6.45, 7) is 0. The molecule has 5 rings (SSSR count). The summed E-state index contributed by atoms with van der Waals surface area (Å²) in [6, 6.07) is 25.4. The zero-order valence-corrected chi connectivity index (χ0v) is 21.5. The van der Waals surface area contributed by atoms with E-state index in [9.17, 15) is 22.8 Å². The van der Waals surface area contributed by atoms with Crippen LogP contribution in [0, 0.1) is 0 Å². The molecule has 0 saturated carbocycles. The highest BCUT2D eigenvalue weighted by atomic mass is 19.4. The molecule has 10 heteroatoms. The maximum Gasteiger partial charge on any atom is 0.418 e. The molecule has 1 aromatic heterocycles. The number of nitrogens with one attached hydrogen (secondary N) is 2. The Morgan fingerprint density at radius 1 is 0.902 bits per heavy atom. The second-order valence-corrected chi connectivity index (χ2v) is 8.83. The molecule has 5 aromatic rings. The lowest BCUT2D eigenvalue weighted by atomic mass is 10.0. The lowest BCUT2D eigenvalue weighted by Gasteiger charge is -2.08. The Morgan fingerprint density at radius 2 is 1.63 bits per heavy atom. The fourth-order valence-electron chi connectivity index (χ4n) is 4.33. The molecule has 7 nitrogen and oxygen atoms in total. The number of carbonyl (C=O) groups excluding carboxylic acids is 2. The second kappa shape index (κ2) is 11.4. The molecule has 1 heterocycles. The van der Waals surface area contributed by atoms with Crippen molar-refractivity contribution >= 4 is 29.0 Å². The SMILES string of the molecule is COc1cccc(C(=O)Oc2ccccc2C=NNC(=O)c2[nH]c3c(C(F)(F)F)cccc3c2-c2ccccc2)c1. The number of nitrogens with zero attached hydrogens (tertiary/aromatic N) is 1. The molecule has 2 N–H and O–H groups in total. The largest absolute Gasteiger partial charge is 0.497 e. The number of hydrazone groups is 1. The highest BCUT2D eigenvalue weighted by molar-refractivity contribution is 6.10. The van der Waals surface area contributed by atoms with Gasteiger partial charge in [-0.2, -0.15) is 18.3 Å². The van der Waals surface area contributed by atoms with Crippen LogP contribution < -0.4 is 14.9 Å². The van der Waals surface area contributed by atoms with Gasteiger partial charge in [-0.1, -0.05) is 60.7 Å². The van der Waals surface area contributed by atoms with Crippen molar-refractivity contribution in [2.24, 2.45) is 5.10 Å². The molecule has 0 radical (unpaired) electrons. The summed E-state index contributed by atoms with van der Waals surface area (Å²) in [5.41, 5.74) is 2.71. The van der Waals surface area contributed by atoms with Crippen LogP contribution >= 0.6 is 0 Å². The molecule has 206 valence electrons. The van der Waals surface area contributed by atoms with E-state index in [0.29, 0.717) is 22.4 Å². The number of esters is 1. The van der Waals surface area contributed by atoms with E-state index in [1.165, 1.54) is 31.5 Å². The normalized spacial score (nSPS) is 11.5. The van der Waals surface area contributed by atoms with E-state index in [0.717, 1.165) is 6.07 Å². The van der Waals surface area contributed by atoms with Crippen molar-refractivity contribution in [2.75, 3.05) is 7.11 Å². The van der Waals surface area contributed by atoms with Gasteiger partial charge in [-0.3, -0.25) is 4.79 Å². The van der Waals surface area contributed by atoms with Crippen LogP contribution in [-0.2, 0) is 6.18 Å². The van der Waals surface area contributed by atoms with Crippen molar-refractivity contribution in [3.63, 3.8) is 0 Å². The van der Waals surface area contributed by atoms with Crippen LogP contribution in [0.5, 0.6) is 11.5 Å². The summed E-state index contributed by atoms with van der Waals surface area (Å²) in [6.07, 6.45) is -3.35. The van der Waals surface area contributed by atoms with Gasteiger partial charge in [-0.15, -0.1) is 0 Å².